The number of rotatable bonds is 5. The molecule has 2 aliphatic carbocycles. The van der Waals surface area contributed by atoms with Crippen LogP contribution in [0, 0.1) is 11.8 Å². The summed E-state index contributed by atoms with van der Waals surface area (Å²) in [6.07, 6.45) is 8.46. The molecule has 0 amide bonds. The summed E-state index contributed by atoms with van der Waals surface area (Å²) in [4.78, 5) is -2.47. The van der Waals surface area contributed by atoms with E-state index in [2.05, 4.69) is 10.2 Å². The predicted molar refractivity (Wildman–Crippen MR) is 117 cm³/mol. The van der Waals surface area contributed by atoms with Gasteiger partial charge in [-0.05, 0) is 35.7 Å². The van der Waals surface area contributed by atoms with Gasteiger partial charge in [-0.2, -0.15) is 5.11 Å². The lowest BCUT2D eigenvalue weighted by molar-refractivity contribution is 0.457. The van der Waals surface area contributed by atoms with Crippen LogP contribution in [0.2, 0.25) is 0 Å². The van der Waals surface area contributed by atoms with E-state index >= 15 is 0 Å². The Morgan fingerprint density at radius 2 is 1.43 bits per heavy atom. The third-order valence-electron chi connectivity index (χ3n) is 5.34. The molecular weight excluding hydrogens is 524 g/mol. The van der Waals surface area contributed by atoms with Crippen molar-refractivity contribution in [3.8, 4) is 5.75 Å². The van der Waals surface area contributed by atoms with Crippen LogP contribution in [0.25, 0.3) is 10.8 Å². The van der Waals surface area contributed by atoms with E-state index in [1.54, 1.807) is 18.2 Å². The fourth-order valence-electron chi connectivity index (χ4n) is 3.82. The van der Waals surface area contributed by atoms with Crippen molar-refractivity contribution in [1.29, 1.82) is 0 Å². The molecule has 0 fully saturated rings. The smallest absolute Gasteiger partial charge is 0.143 e. The Morgan fingerprint density at radius 3 is 2.03 bits per heavy atom. The van der Waals surface area contributed by atoms with Gasteiger partial charge in [0, 0.05) is 22.1 Å². The molecule has 15 heteroatoms. The van der Waals surface area contributed by atoms with Crippen LogP contribution in [0.1, 0.15) is 0 Å². The number of phenolic OH excluding ortho intramolecular Hbond substituents is 1. The van der Waals surface area contributed by atoms with E-state index in [0.717, 1.165) is 24.3 Å². The summed E-state index contributed by atoms with van der Waals surface area (Å²) in [6.45, 7) is 0. The first-order chi connectivity index (χ1) is 16.2. The van der Waals surface area contributed by atoms with Crippen molar-refractivity contribution in [3.63, 3.8) is 0 Å². The van der Waals surface area contributed by atoms with Crippen molar-refractivity contribution >= 4 is 46.8 Å². The maximum Gasteiger partial charge on any atom is 0.143 e. The molecule has 0 spiro atoms. The van der Waals surface area contributed by atoms with Gasteiger partial charge < -0.3 is 18.8 Å². The molecular formula is C20H13N2O10S3-3. The zero-order valence-electron chi connectivity index (χ0n) is 17.2. The van der Waals surface area contributed by atoms with Gasteiger partial charge >= 0.3 is 0 Å². The van der Waals surface area contributed by atoms with Gasteiger partial charge in [0.1, 0.15) is 41.8 Å². The number of hydrogen-bond acceptors (Lipinski definition) is 12. The fourth-order valence-corrected chi connectivity index (χ4v) is 5.96. The van der Waals surface area contributed by atoms with Gasteiger partial charge in [-0.1, -0.05) is 30.4 Å². The van der Waals surface area contributed by atoms with Crippen molar-refractivity contribution < 1.29 is 44.0 Å². The molecule has 2 unspecified atom stereocenters. The topological polar surface area (TPSA) is 217 Å². The number of benzene rings is 2. The van der Waals surface area contributed by atoms with E-state index in [9.17, 15) is 44.0 Å². The van der Waals surface area contributed by atoms with E-state index in [-0.39, 0.29) is 16.0 Å². The van der Waals surface area contributed by atoms with Crippen LogP contribution >= 0.6 is 0 Å². The Kier molecular flexibility index (Phi) is 6.03. The summed E-state index contributed by atoms with van der Waals surface area (Å²) < 4.78 is 105. The number of hydrogen-bond donors (Lipinski definition) is 1. The SMILES string of the molecule is O=S(=O)([O-])C1=CC=C(N=Nc2c(O)ccc3cc(S(=O)(=O)[O-])cc(S(=O)(=O)[O-])c23)C2C=CC=CC12. The second-order valence-electron chi connectivity index (χ2n) is 7.50. The molecule has 2 aliphatic rings. The molecule has 0 radical (unpaired) electrons. The van der Waals surface area contributed by atoms with Crippen LogP contribution in [0.4, 0.5) is 5.69 Å². The van der Waals surface area contributed by atoms with Crippen molar-refractivity contribution in [1.82, 2.24) is 0 Å². The van der Waals surface area contributed by atoms with E-state index < -0.39 is 68.8 Å². The van der Waals surface area contributed by atoms with Gasteiger partial charge in [-0.25, -0.2) is 25.3 Å². The number of allylic oxidation sites excluding steroid dienone is 7. The Bertz CT molecular complexity index is 1730. The summed E-state index contributed by atoms with van der Waals surface area (Å²) in [7, 11) is -15.3. The summed E-state index contributed by atoms with van der Waals surface area (Å²) in [5.41, 5.74) is -0.365. The lowest BCUT2D eigenvalue weighted by atomic mass is 9.83. The molecule has 0 heterocycles. The minimum Gasteiger partial charge on any atom is -0.744 e. The number of aromatic hydroxyl groups is 1. The highest BCUT2D eigenvalue weighted by Gasteiger charge is 2.31. The van der Waals surface area contributed by atoms with Gasteiger partial charge in [0.2, 0.25) is 0 Å². The third-order valence-corrected chi connectivity index (χ3v) is 8.00. The van der Waals surface area contributed by atoms with Crippen LogP contribution < -0.4 is 0 Å². The minimum absolute atomic E-state index is 0.143. The third kappa shape index (κ3) is 4.82. The molecule has 4 rings (SSSR count). The normalized spacial score (nSPS) is 20.7. The van der Waals surface area contributed by atoms with Gasteiger partial charge in [0.15, 0.2) is 0 Å². The van der Waals surface area contributed by atoms with Crippen LogP contribution in [0.5, 0.6) is 5.75 Å². The average Bonchev–Trinajstić information content (AvgIpc) is 2.75. The van der Waals surface area contributed by atoms with Gasteiger partial charge in [-0.3, -0.25) is 0 Å². The van der Waals surface area contributed by atoms with Crippen molar-refractivity contribution in [2.45, 2.75) is 9.79 Å². The standard InChI is InChI=1S/C20H16N2O10S3/c23-16-7-5-11-9-12(33(24,25)26)10-18(35(30,31)32)19(11)20(16)22-21-15-6-8-17(34(27,28)29)14-4-2-1-3-13(14)15/h1-10,13-14,23H,(H,24,25,26)(H,27,28,29)(H,30,31,32)/p-3. The Hall–Kier alpha value is -3.21. The maximum atomic E-state index is 11.9. The second-order valence-corrected chi connectivity index (χ2v) is 11.6. The molecule has 12 nitrogen and oxygen atoms in total. The lowest BCUT2D eigenvalue weighted by Crippen LogP contribution is -2.23. The van der Waals surface area contributed by atoms with E-state index in [1.807, 2.05) is 0 Å². The first-order valence-electron chi connectivity index (χ1n) is 9.54. The Labute approximate surface area is 199 Å². The van der Waals surface area contributed by atoms with Gasteiger partial charge in [0.05, 0.1) is 15.5 Å². The summed E-state index contributed by atoms with van der Waals surface area (Å²) in [5.74, 6) is -2.22. The largest absolute Gasteiger partial charge is 0.744 e. The molecule has 0 saturated heterocycles. The molecule has 0 aromatic heterocycles. The van der Waals surface area contributed by atoms with Crippen LogP contribution in [0.15, 0.2) is 91.3 Å². The van der Waals surface area contributed by atoms with E-state index in [0.29, 0.717) is 6.07 Å². The second kappa shape index (κ2) is 8.47. The van der Waals surface area contributed by atoms with Crippen LogP contribution in [-0.4, -0.2) is 44.0 Å². The summed E-state index contributed by atoms with van der Waals surface area (Å²) >= 11 is 0. The quantitative estimate of drug-likeness (QED) is 0.432. The zero-order valence-corrected chi connectivity index (χ0v) is 19.6. The monoisotopic (exact) mass is 537 g/mol. The highest BCUT2D eigenvalue weighted by atomic mass is 32.2. The molecule has 2 atom stereocenters. The van der Waals surface area contributed by atoms with E-state index in [1.165, 1.54) is 12.2 Å². The fraction of sp³-hybridized carbons (Fsp3) is 0.100. The molecule has 1 N–H and O–H groups in total. The lowest BCUT2D eigenvalue weighted by Gasteiger charge is -2.30. The first kappa shape index (κ1) is 24.9. The summed E-state index contributed by atoms with van der Waals surface area (Å²) in [5, 5.41) is 17.5. The maximum absolute atomic E-state index is 11.9. The summed E-state index contributed by atoms with van der Waals surface area (Å²) in [6, 6.07) is 3.32. The number of nitrogens with zero attached hydrogens (tertiary/aromatic N) is 2. The first-order valence-corrected chi connectivity index (χ1v) is 13.8. The molecule has 2 aromatic carbocycles. The van der Waals surface area contributed by atoms with Crippen LogP contribution in [-0.2, 0) is 30.4 Å². The Morgan fingerprint density at radius 1 is 0.771 bits per heavy atom. The number of fused-ring (bicyclic) bond motifs is 2. The van der Waals surface area contributed by atoms with E-state index in [4.69, 9.17) is 0 Å². The van der Waals surface area contributed by atoms with Crippen molar-refractivity contribution in [2.75, 3.05) is 0 Å². The molecule has 0 saturated carbocycles. The molecule has 2 aromatic rings. The minimum atomic E-state index is -5.35. The zero-order chi connectivity index (χ0) is 25.8. The molecule has 35 heavy (non-hydrogen) atoms. The highest BCUT2D eigenvalue weighted by molar-refractivity contribution is 7.89. The van der Waals surface area contributed by atoms with Gasteiger partial charge in [0.25, 0.3) is 0 Å². The predicted octanol–water partition coefficient (Wildman–Crippen LogP) is 2.12. The van der Waals surface area contributed by atoms with Crippen molar-refractivity contribution in [2.24, 2.45) is 22.1 Å². The highest BCUT2D eigenvalue weighted by Crippen LogP contribution is 2.42. The molecule has 0 bridgehead atoms. The molecule has 184 valence electrons. The number of azo groups is 1. The Balaban J connectivity index is 1.93. The van der Waals surface area contributed by atoms with Gasteiger partial charge in [-0.15, -0.1) is 5.11 Å². The molecule has 0 aliphatic heterocycles. The van der Waals surface area contributed by atoms with Crippen molar-refractivity contribution in [3.05, 3.63) is 71.3 Å². The average molecular weight is 538 g/mol. The van der Waals surface area contributed by atoms with Crippen LogP contribution in [0.3, 0.4) is 0 Å². The number of phenols is 1.